The zero-order valence-corrected chi connectivity index (χ0v) is 10.2. The molecule has 0 aliphatic carbocycles. The highest BCUT2D eigenvalue weighted by atomic mass is 35.5. The van der Waals surface area contributed by atoms with E-state index in [9.17, 15) is 0 Å². The summed E-state index contributed by atoms with van der Waals surface area (Å²) in [5, 5.41) is 4.52. The lowest BCUT2D eigenvalue weighted by Crippen LogP contribution is -2.01. The van der Waals surface area contributed by atoms with Gasteiger partial charge in [0.15, 0.2) is 0 Å². The lowest BCUT2D eigenvalue weighted by molar-refractivity contribution is 0.316. The fraction of sp³-hybridized carbons (Fsp3) is 0.250. The van der Waals surface area contributed by atoms with Gasteiger partial charge in [0.1, 0.15) is 5.75 Å². The van der Waals surface area contributed by atoms with Crippen LogP contribution in [0.2, 0.25) is 5.02 Å². The Hall–Kier alpha value is -1.68. The van der Waals surface area contributed by atoms with Gasteiger partial charge in [0.05, 0.1) is 12.3 Å². The summed E-state index contributed by atoms with van der Waals surface area (Å²) in [4.78, 5) is 0. The van der Waals surface area contributed by atoms with Crippen LogP contribution in [0.3, 0.4) is 0 Å². The van der Waals surface area contributed by atoms with E-state index in [0.717, 1.165) is 22.0 Å². The van der Waals surface area contributed by atoms with Crippen LogP contribution >= 0.6 is 11.6 Å². The molecule has 0 radical (unpaired) electrons. The Bertz CT molecular complexity index is 511. The van der Waals surface area contributed by atoms with Crippen molar-refractivity contribution in [3.63, 3.8) is 0 Å². The highest BCUT2D eigenvalue weighted by Crippen LogP contribution is 2.21. The van der Waals surface area contributed by atoms with Crippen LogP contribution in [0.4, 0.5) is 5.88 Å². The van der Waals surface area contributed by atoms with Gasteiger partial charge in [-0.1, -0.05) is 16.8 Å². The quantitative estimate of drug-likeness (QED) is 0.909. The third kappa shape index (κ3) is 3.14. The van der Waals surface area contributed by atoms with Gasteiger partial charge in [-0.2, -0.15) is 0 Å². The predicted octanol–water partition coefficient (Wildman–Crippen LogP) is 2.84. The summed E-state index contributed by atoms with van der Waals surface area (Å²) in [6.45, 7) is 2.46. The lowest BCUT2D eigenvalue weighted by atomic mass is 10.2. The van der Waals surface area contributed by atoms with E-state index in [2.05, 4.69) is 5.16 Å². The number of aryl methyl sites for hydroxylation is 1. The van der Waals surface area contributed by atoms with Gasteiger partial charge in [-0.15, -0.1) is 0 Å². The summed E-state index contributed by atoms with van der Waals surface area (Å²) < 4.78 is 10.3. The Morgan fingerprint density at radius 2 is 2.24 bits per heavy atom. The summed E-state index contributed by atoms with van der Waals surface area (Å²) in [5.41, 5.74) is 7.19. The van der Waals surface area contributed by atoms with Crippen molar-refractivity contribution >= 4 is 17.5 Å². The SMILES string of the molecule is Cc1cc(OCCc2cc(N)on2)ccc1Cl. The van der Waals surface area contributed by atoms with Crippen LogP contribution in [0.25, 0.3) is 0 Å². The molecule has 17 heavy (non-hydrogen) atoms. The molecule has 0 bridgehead atoms. The minimum absolute atomic E-state index is 0.322. The van der Waals surface area contributed by atoms with E-state index in [0.29, 0.717) is 18.9 Å². The highest BCUT2D eigenvalue weighted by molar-refractivity contribution is 6.31. The molecule has 1 aromatic heterocycles. The van der Waals surface area contributed by atoms with Gasteiger partial charge < -0.3 is 15.0 Å². The fourth-order valence-corrected chi connectivity index (χ4v) is 1.54. The Morgan fingerprint density at radius 3 is 2.88 bits per heavy atom. The lowest BCUT2D eigenvalue weighted by Gasteiger charge is -2.06. The van der Waals surface area contributed by atoms with Gasteiger partial charge in [-0.3, -0.25) is 0 Å². The maximum atomic E-state index is 5.92. The zero-order valence-electron chi connectivity index (χ0n) is 9.44. The van der Waals surface area contributed by atoms with E-state index in [1.54, 1.807) is 6.07 Å². The van der Waals surface area contributed by atoms with Gasteiger partial charge in [0.25, 0.3) is 0 Å². The zero-order chi connectivity index (χ0) is 12.3. The van der Waals surface area contributed by atoms with Crippen molar-refractivity contribution < 1.29 is 9.26 Å². The number of hydrogen-bond acceptors (Lipinski definition) is 4. The van der Waals surface area contributed by atoms with Crippen molar-refractivity contribution in [3.8, 4) is 5.75 Å². The molecular weight excluding hydrogens is 240 g/mol. The first-order chi connectivity index (χ1) is 8.15. The number of benzene rings is 1. The summed E-state index contributed by atoms with van der Waals surface area (Å²) in [6.07, 6.45) is 0.655. The second-order valence-electron chi connectivity index (χ2n) is 3.73. The Balaban J connectivity index is 1.87. The molecule has 0 amide bonds. The number of nitrogens with two attached hydrogens (primary N) is 1. The molecule has 1 heterocycles. The van der Waals surface area contributed by atoms with E-state index in [1.165, 1.54) is 0 Å². The first-order valence-electron chi connectivity index (χ1n) is 5.25. The predicted molar refractivity (Wildman–Crippen MR) is 66.3 cm³/mol. The fourth-order valence-electron chi connectivity index (χ4n) is 1.43. The van der Waals surface area contributed by atoms with Crippen molar-refractivity contribution in [1.29, 1.82) is 0 Å². The van der Waals surface area contributed by atoms with E-state index in [1.807, 2.05) is 25.1 Å². The minimum Gasteiger partial charge on any atom is -0.493 e. The first-order valence-corrected chi connectivity index (χ1v) is 5.63. The van der Waals surface area contributed by atoms with Crippen LogP contribution in [0, 0.1) is 6.92 Å². The molecule has 0 unspecified atom stereocenters. The van der Waals surface area contributed by atoms with Crippen molar-refractivity contribution in [2.24, 2.45) is 0 Å². The molecule has 0 fully saturated rings. The largest absolute Gasteiger partial charge is 0.493 e. The molecule has 0 aliphatic heterocycles. The first kappa shape index (κ1) is 11.8. The van der Waals surface area contributed by atoms with Gasteiger partial charge in [0, 0.05) is 17.5 Å². The third-order valence-electron chi connectivity index (χ3n) is 2.33. The number of halogens is 1. The Kier molecular flexibility index (Phi) is 3.54. The van der Waals surface area contributed by atoms with E-state index in [4.69, 9.17) is 26.6 Å². The summed E-state index contributed by atoms with van der Waals surface area (Å²) in [5.74, 6) is 1.12. The normalized spacial score (nSPS) is 10.5. The van der Waals surface area contributed by atoms with Crippen molar-refractivity contribution in [3.05, 3.63) is 40.5 Å². The topological polar surface area (TPSA) is 61.3 Å². The summed E-state index contributed by atoms with van der Waals surface area (Å²) >= 11 is 5.92. The second kappa shape index (κ2) is 5.10. The number of ether oxygens (including phenoxy) is 1. The Labute approximate surface area is 104 Å². The molecule has 4 nitrogen and oxygen atoms in total. The monoisotopic (exact) mass is 252 g/mol. The molecular formula is C12H13ClN2O2. The molecule has 2 aromatic rings. The number of aromatic nitrogens is 1. The summed E-state index contributed by atoms with van der Waals surface area (Å²) in [6, 6.07) is 7.25. The van der Waals surface area contributed by atoms with Crippen molar-refractivity contribution in [2.45, 2.75) is 13.3 Å². The third-order valence-corrected chi connectivity index (χ3v) is 2.76. The smallest absolute Gasteiger partial charge is 0.222 e. The van der Waals surface area contributed by atoms with Gasteiger partial charge in [-0.25, -0.2) is 0 Å². The van der Waals surface area contributed by atoms with Crippen molar-refractivity contribution in [2.75, 3.05) is 12.3 Å². The average Bonchev–Trinajstić information content (AvgIpc) is 2.70. The molecule has 0 spiro atoms. The van der Waals surface area contributed by atoms with Crippen LogP contribution in [0.5, 0.6) is 5.75 Å². The second-order valence-corrected chi connectivity index (χ2v) is 4.14. The highest BCUT2D eigenvalue weighted by Gasteiger charge is 2.02. The molecule has 2 N–H and O–H groups in total. The molecule has 0 saturated heterocycles. The summed E-state index contributed by atoms with van der Waals surface area (Å²) in [7, 11) is 0. The molecule has 0 atom stereocenters. The number of rotatable bonds is 4. The molecule has 90 valence electrons. The number of nitrogens with zero attached hydrogens (tertiary/aromatic N) is 1. The van der Waals surface area contributed by atoms with Gasteiger partial charge in [-0.05, 0) is 30.7 Å². The van der Waals surface area contributed by atoms with E-state index >= 15 is 0 Å². The van der Waals surface area contributed by atoms with E-state index in [-0.39, 0.29) is 0 Å². The maximum absolute atomic E-state index is 5.92. The number of hydrogen-bond donors (Lipinski definition) is 1. The molecule has 0 saturated carbocycles. The molecule has 1 aromatic carbocycles. The van der Waals surface area contributed by atoms with Gasteiger partial charge >= 0.3 is 0 Å². The number of nitrogen functional groups attached to an aromatic ring is 1. The van der Waals surface area contributed by atoms with Gasteiger partial charge in [0.2, 0.25) is 5.88 Å². The van der Waals surface area contributed by atoms with Crippen LogP contribution < -0.4 is 10.5 Å². The average molecular weight is 253 g/mol. The molecule has 2 rings (SSSR count). The minimum atomic E-state index is 0.322. The van der Waals surface area contributed by atoms with Crippen LogP contribution in [0.1, 0.15) is 11.3 Å². The maximum Gasteiger partial charge on any atom is 0.222 e. The number of anilines is 1. The standard InChI is InChI=1S/C12H13ClN2O2/c1-8-6-10(2-3-11(8)13)16-5-4-9-7-12(14)17-15-9/h2-3,6-7H,4-5,14H2,1H3. The van der Waals surface area contributed by atoms with Crippen molar-refractivity contribution in [1.82, 2.24) is 5.16 Å². The van der Waals surface area contributed by atoms with Crippen LogP contribution in [0.15, 0.2) is 28.8 Å². The Morgan fingerprint density at radius 1 is 1.41 bits per heavy atom. The van der Waals surface area contributed by atoms with E-state index < -0.39 is 0 Å². The molecule has 5 heteroatoms. The van der Waals surface area contributed by atoms with Crippen LogP contribution in [-0.4, -0.2) is 11.8 Å². The molecule has 0 aliphatic rings. The van der Waals surface area contributed by atoms with Crippen LogP contribution in [-0.2, 0) is 6.42 Å².